The van der Waals surface area contributed by atoms with Crippen molar-refractivity contribution in [3.05, 3.63) is 23.2 Å². The molecule has 1 aliphatic carbocycles. The number of methoxy groups -OCH3 is 2. The first-order valence-electron chi connectivity index (χ1n) is 7.77. The van der Waals surface area contributed by atoms with Crippen molar-refractivity contribution in [3.8, 4) is 5.75 Å². The molecule has 0 radical (unpaired) electrons. The fourth-order valence-corrected chi connectivity index (χ4v) is 2.61. The molecule has 3 N–H and O–H groups in total. The quantitative estimate of drug-likeness (QED) is 0.331. The second kappa shape index (κ2) is 11.0. The minimum Gasteiger partial charge on any atom is -0.495 e. The Labute approximate surface area is 165 Å². The molecule has 8 heteroatoms. The Balaban J connectivity index is 0.00000288. The highest BCUT2D eigenvalue weighted by Gasteiger charge is 2.27. The normalized spacial score (nSPS) is 14.4. The van der Waals surface area contributed by atoms with Gasteiger partial charge in [-0.05, 0) is 31.0 Å². The molecule has 136 valence electrons. The van der Waals surface area contributed by atoms with E-state index >= 15 is 0 Å². The molecule has 0 spiro atoms. The summed E-state index contributed by atoms with van der Waals surface area (Å²) in [5.41, 5.74) is 6.71. The first-order chi connectivity index (χ1) is 11.1. The maximum absolute atomic E-state index is 6.08. The SMILES string of the molecule is COCCN(CCN=C(N)Nc1ccc(OC)c(Cl)c1)C1CC1.I. The summed E-state index contributed by atoms with van der Waals surface area (Å²) in [5.74, 6) is 1.01. The molecule has 2 rings (SSSR count). The predicted molar refractivity (Wildman–Crippen MR) is 110 cm³/mol. The Morgan fingerprint density at radius 3 is 2.71 bits per heavy atom. The summed E-state index contributed by atoms with van der Waals surface area (Å²) in [7, 11) is 3.31. The third-order valence-corrected chi connectivity index (χ3v) is 4.03. The third kappa shape index (κ3) is 7.00. The summed E-state index contributed by atoms with van der Waals surface area (Å²) in [5, 5.41) is 3.57. The van der Waals surface area contributed by atoms with E-state index in [1.807, 2.05) is 6.07 Å². The Hall–Kier alpha value is -0.770. The lowest BCUT2D eigenvalue weighted by Crippen LogP contribution is -2.33. The Kier molecular flexibility index (Phi) is 9.72. The number of nitrogens with zero attached hydrogens (tertiary/aromatic N) is 2. The molecule has 0 heterocycles. The standard InChI is InChI=1S/C16H25ClN4O2.HI/c1-22-10-9-21(13-4-5-13)8-7-19-16(18)20-12-3-6-15(23-2)14(17)11-12;/h3,6,11,13H,4-5,7-10H2,1-2H3,(H3,18,19,20);1H. The number of hydrogen-bond acceptors (Lipinski definition) is 4. The van der Waals surface area contributed by atoms with Gasteiger partial charge in [-0.3, -0.25) is 9.89 Å². The lowest BCUT2D eigenvalue weighted by atomic mass is 10.3. The topological polar surface area (TPSA) is 72.1 Å². The van der Waals surface area contributed by atoms with Crippen molar-refractivity contribution >= 4 is 47.2 Å². The van der Waals surface area contributed by atoms with Crippen molar-refractivity contribution in [2.45, 2.75) is 18.9 Å². The van der Waals surface area contributed by atoms with Gasteiger partial charge in [-0.15, -0.1) is 24.0 Å². The van der Waals surface area contributed by atoms with Crippen LogP contribution in [0.15, 0.2) is 23.2 Å². The molecule has 0 aliphatic heterocycles. The molecule has 0 amide bonds. The number of aliphatic imine (C=N–C) groups is 1. The smallest absolute Gasteiger partial charge is 0.193 e. The molecule has 6 nitrogen and oxygen atoms in total. The largest absolute Gasteiger partial charge is 0.495 e. The molecule has 0 saturated heterocycles. The molecule has 0 aromatic heterocycles. The number of hydrogen-bond donors (Lipinski definition) is 2. The van der Waals surface area contributed by atoms with Gasteiger partial charge >= 0.3 is 0 Å². The van der Waals surface area contributed by atoms with Gasteiger partial charge in [0.05, 0.1) is 25.3 Å². The molecular weight excluding hydrogens is 443 g/mol. The van der Waals surface area contributed by atoms with Gasteiger partial charge < -0.3 is 20.5 Å². The first-order valence-corrected chi connectivity index (χ1v) is 8.15. The molecule has 1 aliphatic rings. The zero-order chi connectivity index (χ0) is 16.7. The van der Waals surface area contributed by atoms with Crippen LogP contribution in [-0.4, -0.2) is 57.4 Å². The maximum Gasteiger partial charge on any atom is 0.193 e. The average molecular weight is 469 g/mol. The van der Waals surface area contributed by atoms with Crippen LogP contribution < -0.4 is 15.8 Å². The van der Waals surface area contributed by atoms with Crippen LogP contribution >= 0.6 is 35.6 Å². The molecule has 1 fully saturated rings. The van der Waals surface area contributed by atoms with Crippen LogP contribution in [0.2, 0.25) is 5.02 Å². The number of nitrogens with one attached hydrogen (secondary N) is 1. The van der Waals surface area contributed by atoms with Crippen molar-refractivity contribution in [1.82, 2.24) is 4.90 Å². The summed E-state index contributed by atoms with van der Waals surface area (Å²) in [6.07, 6.45) is 2.54. The van der Waals surface area contributed by atoms with E-state index in [-0.39, 0.29) is 24.0 Å². The number of guanidine groups is 1. The lowest BCUT2D eigenvalue weighted by molar-refractivity contribution is 0.145. The minimum absolute atomic E-state index is 0. The van der Waals surface area contributed by atoms with Crippen LogP contribution in [0.3, 0.4) is 0 Å². The van der Waals surface area contributed by atoms with E-state index in [1.165, 1.54) is 12.8 Å². The van der Waals surface area contributed by atoms with E-state index in [4.69, 9.17) is 26.8 Å². The Morgan fingerprint density at radius 1 is 1.38 bits per heavy atom. The van der Waals surface area contributed by atoms with E-state index in [2.05, 4.69) is 15.2 Å². The third-order valence-electron chi connectivity index (χ3n) is 3.74. The number of nitrogens with two attached hydrogens (primary N) is 1. The van der Waals surface area contributed by atoms with Crippen LogP contribution in [0.25, 0.3) is 0 Å². The molecule has 0 atom stereocenters. The Morgan fingerprint density at radius 2 is 2.12 bits per heavy atom. The van der Waals surface area contributed by atoms with E-state index in [0.717, 1.165) is 25.4 Å². The second-order valence-electron chi connectivity index (χ2n) is 5.50. The van der Waals surface area contributed by atoms with Crippen LogP contribution in [0.1, 0.15) is 12.8 Å². The summed E-state index contributed by atoms with van der Waals surface area (Å²) in [6.45, 7) is 3.24. The number of anilines is 1. The highest BCUT2D eigenvalue weighted by Crippen LogP contribution is 2.27. The highest BCUT2D eigenvalue weighted by atomic mass is 127. The van der Waals surface area contributed by atoms with E-state index in [1.54, 1.807) is 26.4 Å². The molecule has 0 bridgehead atoms. The highest BCUT2D eigenvalue weighted by molar-refractivity contribution is 14.0. The second-order valence-corrected chi connectivity index (χ2v) is 5.91. The number of rotatable bonds is 9. The van der Waals surface area contributed by atoms with E-state index in [0.29, 0.717) is 29.3 Å². The van der Waals surface area contributed by atoms with E-state index < -0.39 is 0 Å². The van der Waals surface area contributed by atoms with Crippen molar-refractivity contribution < 1.29 is 9.47 Å². The number of halogens is 2. The van der Waals surface area contributed by atoms with Crippen LogP contribution in [0.4, 0.5) is 5.69 Å². The van der Waals surface area contributed by atoms with Gasteiger partial charge in [-0.1, -0.05) is 11.6 Å². The predicted octanol–water partition coefficient (Wildman–Crippen LogP) is 2.80. The van der Waals surface area contributed by atoms with E-state index in [9.17, 15) is 0 Å². The fraction of sp³-hybridized carbons (Fsp3) is 0.562. The Bertz CT molecular complexity index is 541. The van der Waals surface area contributed by atoms with Crippen molar-refractivity contribution in [2.24, 2.45) is 10.7 Å². The van der Waals surface area contributed by atoms with Gasteiger partial charge in [0.1, 0.15) is 5.75 Å². The molecular formula is C16H26ClIN4O2. The first kappa shape index (κ1) is 21.3. The minimum atomic E-state index is 0. The zero-order valence-electron chi connectivity index (χ0n) is 14.1. The van der Waals surface area contributed by atoms with Crippen molar-refractivity contribution in [2.75, 3.05) is 45.8 Å². The van der Waals surface area contributed by atoms with Gasteiger partial charge in [-0.25, -0.2) is 0 Å². The van der Waals surface area contributed by atoms with Crippen molar-refractivity contribution in [3.63, 3.8) is 0 Å². The van der Waals surface area contributed by atoms with Gasteiger partial charge in [0, 0.05) is 31.9 Å². The van der Waals surface area contributed by atoms with Gasteiger partial charge in [-0.2, -0.15) is 0 Å². The van der Waals surface area contributed by atoms with Crippen LogP contribution in [0, 0.1) is 0 Å². The average Bonchev–Trinajstić information content (AvgIpc) is 3.35. The van der Waals surface area contributed by atoms with Crippen LogP contribution in [-0.2, 0) is 4.74 Å². The van der Waals surface area contributed by atoms with Gasteiger partial charge in [0.2, 0.25) is 0 Å². The monoisotopic (exact) mass is 468 g/mol. The number of ether oxygens (including phenoxy) is 2. The molecule has 24 heavy (non-hydrogen) atoms. The lowest BCUT2D eigenvalue weighted by Gasteiger charge is -2.20. The van der Waals surface area contributed by atoms with Gasteiger partial charge in [0.25, 0.3) is 0 Å². The number of benzene rings is 1. The fourth-order valence-electron chi connectivity index (χ4n) is 2.36. The van der Waals surface area contributed by atoms with Gasteiger partial charge in [0.15, 0.2) is 5.96 Å². The summed E-state index contributed by atoms with van der Waals surface area (Å²) < 4.78 is 10.3. The molecule has 1 aromatic carbocycles. The molecule has 1 saturated carbocycles. The molecule has 1 aromatic rings. The summed E-state index contributed by atoms with van der Waals surface area (Å²) in [4.78, 5) is 6.78. The summed E-state index contributed by atoms with van der Waals surface area (Å²) >= 11 is 6.08. The van der Waals surface area contributed by atoms with Crippen LogP contribution in [0.5, 0.6) is 5.75 Å². The molecule has 0 unspecified atom stereocenters. The zero-order valence-corrected chi connectivity index (χ0v) is 17.2. The van der Waals surface area contributed by atoms with Crippen molar-refractivity contribution in [1.29, 1.82) is 0 Å². The summed E-state index contributed by atoms with van der Waals surface area (Å²) in [6, 6.07) is 6.09. The maximum atomic E-state index is 6.08.